The van der Waals surface area contributed by atoms with Crippen molar-refractivity contribution in [1.82, 2.24) is 5.32 Å². The standard InChI is InChI=1S/C12H21NO4/c1-7-3-5-9(6-4-7)11(15)13-10(8(2)14)12(16)17/h7-10,14H,3-6H2,1-2H3,(H,13,15)(H,16,17)/t7?,8-,9?,10+/m1/s1. The number of carbonyl (C=O) groups excluding carboxylic acids is 1. The average molecular weight is 243 g/mol. The molecule has 0 unspecified atom stereocenters. The summed E-state index contributed by atoms with van der Waals surface area (Å²) < 4.78 is 0. The van der Waals surface area contributed by atoms with Gasteiger partial charge in [-0.15, -0.1) is 0 Å². The Bertz CT molecular complexity index is 282. The van der Waals surface area contributed by atoms with E-state index in [0.29, 0.717) is 5.92 Å². The highest BCUT2D eigenvalue weighted by Crippen LogP contribution is 2.28. The summed E-state index contributed by atoms with van der Waals surface area (Å²) in [7, 11) is 0. The third kappa shape index (κ3) is 4.00. The van der Waals surface area contributed by atoms with Gasteiger partial charge in [-0.2, -0.15) is 0 Å². The molecule has 0 aromatic heterocycles. The van der Waals surface area contributed by atoms with Gasteiger partial charge in [-0.3, -0.25) is 4.79 Å². The van der Waals surface area contributed by atoms with Crippen molar-refractivity contribution < 1.29 is 19.8 Å². The van der Waals surface area contributed by atoms with Gasteiger partial charge in [-0.1, -0.05) is 6.92 Å². The van der Waals surface area contributed by atoms with E-state index in [1.807, 2.05) is 0 Å². The molecule has 0 aromatic rings. The lowest BCUT2D eigenvalue weighted by molar-refractivity contribution is -0.145. The molecule has 0 heterocycles. The molecule has 5 nitrogen and oxygen atoms in total. The number of hydrogen-bond donors (Lipinski definition) is 3. The molecule has 0 saturated heterocycles. The van der Waals surface area contributed by atoms with Gasteiger partial charge in [-0.05, 0) is 38.5 Å². The number of amides is 1. The number of aliphatic hydroxyl groups is 1. The largest absolute Gasteiger partial charge is 0.480 e. The maximum atomic E-state index is 11.8. The molecule has 5 heteroatoms. The molecular weight excluding hydrogens is 222 g/mol. The van der Waals surface area contributed by atoms with Gasteiger partial charge in [0.1, 0.15) is 0 Å². The molecule has 2 atom stereocenters. The van der Waals surface area contributed by atoms with Crippen molar-refractivity contribution in [3.8, 4) is 0 Å². The van der Waals surface area contributed by atoms with Gasteiger partial charge in [0.25, 0.3) is 0 Å². The smallest absolute Gasteiger partial charge is 0.328 e. The fourth-order valence-corrected chi connectivity index (χ4v) is 2.18. The van der Waals surface area contributed by atoms with Crippen LogP contribution in [0.3, 0.4) is 0 Å². The first-order valence-corrected chi connectivity index (χ1v) is 6.13. The molecular formula is C12H21NO4. The Morgan fingerprint density at radius 3 is 2.18 bits per heavy atom. The number of rotatable bonds is 4. The lowest BCUT2D eigenvalue weighted by atomic mass is 9.82. The predicted molar refractivity (Wildman–Crippen MR) is 62.4 cm³/mol. The second-order valence-electron chi connectivity index (χ2n) is 5.02. The number of carbonyl (C=O) groups is 2. The van der Waals surface area contributed by atoms with Crippen molar-refractivity contribution in [2.24, 2.45) is 11.8 Å². The van der Waals surface area contributed by atoms with Gasteiger partial charge in [0, 0.05) is 5.92 Å². The first-order valence-electron chi connectivity index (χ1n) is 6.13. The molecule has 1 aliphatic carbocycles. The fraction of sp³-hybridized carbons (Fsp3) is 0.833. The zero-order valence-corrected chi connectivity index (χ0v) is 10.3. The van der Waals surface area contributed by atoms with E-state index in [9.17, 15) is 14.7 Å². The summed E-state index contributed by atoms with van der Waals surface area (Å²) in [6, 6.07) is -1.21. The number of carboxylic acids is 1. The first-order chi connectivity index (χ1) is 7.91. The Morgan fingerprint density at radius 2 is 1.76 bits per heavy atom. The number of aliphatic carboxylic acids is 1. The van der Waals surface area contributed by atoms with Crippen LogP contribution in [0.1, 0.15) is 39.5 Å². The second-order valence-corrected chi connectivity index (χ2v) is 5.02. The molecule has 0 bridgehead atoms. The van der Waals surface area contributed by atoms with Crippen LogP contribution in [0.15, 0.2) is 0 Å². The molecule has 3 N–H and O–H groups in total. The van der Waals surface area contributed by atoms with Crippen molar-refractivity contribution in [2.75, 3.05) is 0 Å². The summed E-state index contributed by atoms with van der Waals surface area (Å²) in [6.45, 7) is 3.52. The maximum Gasteiger partial charge on any atom is 0.328 e. The number of nitrogens with one attached hydrogen (secondary N) is 1. The van der Waals surface area contributed by atoms with Gasteiger partial charge in [0.15, 0.2) is 6.04 Å². The van der Waals surface area contributed by atoms with Crippen LogP contribution in [-0.4, -0.2) is 34.2 Å². The number of carboxylic acid groups (broad SMARTS) is 1. The third-order valence-corrected chi connectivity index (χ3v) is 3.43. The second kappa shape index (κ2) is 6.00. The van der Waals surface area contributed by atoms with Crippen molar-refractivity contribution in [3.63, 3.8) is 0 Å². The highest BCUT2D eigenvalue weighted by Gasteiger charge is 2.30. The van der Waals surface area contributed by atoms with E-state index in [0.717, 1.165) is 25.7 Å². The number of hydrogen-bond acceptors (Lipinski definition) is 3. The highest BCUT2D eigenvalue weighted by molar-refractivity contribution is 5.85. The molecule has 1 amide bonds. The average Bonchev–Trinajstić information content (AvgIpc) is 2.25. The van der Waals surface area contributed by atoms with E-state index in [4.69, 9.17) is 5.11 Å². The van der Waals surface area contributed by atoms with E-state index in [-0.39, 0.29) is 11.8 Å². The van der Waals surface area contributed by atoms with Crippen LogP contribution in [-0.2, 0) is 9.59 Å². The van der Waals surface area contributed by atoms with E-state index < -0.39 is 18.1 Å². The zero-order valence-electron chi connectivity index (χ0n) is 10.3. The Balaban J connectivity index is 2.50. The summed E-state index contributed by atoms with van der Waals surface area (Å²) >= 11 is 0. The van der Waals surface area contributed by atoms with Crippen LogP contribution >= 0.6 is 0 Å². The molecule has 17 heavy (non-hydrogen) atoms. The van der Waals surface area contributed by atoms with Crippen LogP contribution in [0.2, 0.25) is 0 Å². The van der Waals surface area contributed by atoms with Crippen molar-refractivity contribution in [1.29, 1.82) is 0 Å². The normalized spacial score (nSPS) is 28.2. The van der Waals surface area contributed by atoms with E-state index in [2.05, 4.69) is 12.2 Å². The molecule has 0 aliphatic heterocycles. The SMILES string of the molecule is CC1CCC(C(=O)N[C@H](C(=O)O)[C@@H](C)O)CC1. The van der Waals surface area contributed by atoms with E-state index >= 15 is 0 Å². The topological polar surface area (TPSA) is 86.6 Å². The summed E-state index contributed by atoms with van der Waals surface area (Å²) in [5, 5.41) is 20.5. The fourth-order valence-electron chi connectivity index (χ4n) is 2.18. The van der Waals surface area contributed by atoms with Crippen LogP contribution in [0.4, 0.5) is 0 Å². The molecule has 1 rings (SSSR count). The van der Waals surface area contributed by atoms with Gasteiger partial charge in [-0.25, -0.2) is 4.79 Å². The third-order valence-electron chi connectivity index (χ3n) is 3.43. The van der Waals surface area contributed by atoms with E-state index in [1.54, 1.807) is 0 Å². The minimum Gasteiger partial charge on any atom is -0.480 e. The molecule has 1 aliphatic rings. The molecule has 1 fully saturated rings. The van der Waals surface area contributed by atoms with Gasteiger partial charge in [0.05, 0.1) is 6.10 Å². The quantitative estimate of drug-likeness (QED) is 0.680. The minimum absolute atomic E-state index is 0.105. The lowest BCUT2D eigenvalue weighted by Gasteiger charge is -2.27. The van der Waals surface area contributed by atoms with Crippen molar-refractivity contribution in [2.45, 2.75) is 51.7 Å². The Kier molecular flexibility index (Phi) is 4.93. The Hall–Kier alpha value is -1.10. The summed E-state index contributed by atoms with van der Waals surface area (Å²) in [6.07, 6.45) is 2.53. The van der Waals surface area contributed by atoms with Crippen LogP contribution < -0.4 is 5.32 Å². The van der Waals surface area contributed by atoms with Gasteiger partial charge >= 0.3 is 5.97 Å². The van der Waals surface area contributed by atoms with Gasteiger partial charge < -0.3 is 15.5 Å². The zero-order chi connectivity index (χ0) is 13.0. The maximum absolute atomic E-state index is 11.8. The predicted octanol–water partition coefficient (Wildman–Crippen LogP) is 0.763. The van der Waals surface area contributed by atoms with Crippen LogP contribution in [0.25, 0.3) is 0 Å². The first kappa shape index (κ1) is 14.0. The molecule has 1 saturated carbocycles. The Morgan fingerprint density at radius 1 is 1.24 bits per heavy atom. The van der Waals surface area contributed by atoms with Crippen molar-refractivity contribution in [3.05, 3.63) is 0 Å². The van der Waals surface area contributed by atoms with Gasteiger partial charge in [0.2, 0.25) is 5.91 Å². The van der Waals surface area contributed by atoms with Crippen molar-refractivity contribution >= 4 is 11.9 Å². The molecule has 98 valence electrons. The van der Waals surface area contributed by atoms with E-state index in [1.165, 1.54) is 6.92 Å². The summed E-state index contributed by atoms with van der Waals surface area (Å²) in [4.78, 5) is 22.7. The summed E-state index contributed by atoms with van der Waals surface area (Å²) in [5.41, 5.74) is 0. The Labute approximate surface area is 101 Å². The molecule has 0 aromatic carbocycles. The lowest BCUT2D eigenvalue weighted by Crippen LogP contribution is -2.49. The summed E-state index contributed by atoms with van der Waals surface area (Å²) in [5.74, 6) is -0.902. The number of aliphatic hydroxyl groups excluding tert-OH is 1. The highest BCUT2D eigenvalue weighted by atomic mass is 16.4. The van der Waals surface area contributed by atoms with Crippen LogP contribution in [0.5, 0.6) is 0 Å². The monoisotopic (exact) mass is 243 g/mol. The minimum atomic E-state index is -1.21. The molecule has 0 spiro atoms. The molecule has 0 radical (unpaired) electrons. The van der Waals surface area contributed by atoms with Crippen LogP contribution in [0, 0.1) is 11.8 Å².